The monoisotopic (exact) mass is 383 g/mol. The summed E-state index contributed by atoms with van der Waals surface area (Å²) in [5.74, 6) is 0.796. The normalized spacial score (nSPS) is 10.1. The SMILES string of the molecule is CCOc1ccccc1NC(=O)COc1ccc(Br)cc1Cl. The van der Waals surface area contributed by atoms with Crippen LogP contribution in [0.2, 0.25) is 5.02 Å². The molecule has 2 rings (SSSR count). The standard InChI is InChI=1S/C16H15BrClNO3/c1-2-21-15-6-4-3-5-13(15)19-16(20)10-22-14-8-7-11(17)9-12(14)18/h3-9H,2,10H2,1H3,(H,19,20). The van der Waals surface area contributed by atoms with Gasteiger partial charge in [-0.2, -0.15) is 0 Å². The molecule has 0 radical (unpaired) electrons. The Bertz CT molecular complexity index is 664. The molecular weight excluding hydrogens is 370 g/mol. The highest BCUT2D eigenvalue weighted by atomic mass is 79.9. The first kappa shape index (κ1) is 16.6. The van der Waals surface area contributed by atoms with Crippen molar-refractivity contribution in [2.75, 3.05) is 18.5 Å². The number of amides is 1. The van der Waals surface area contributed by atoms with E-state index < -0.39 is 0 Å². The van der Waals surface area contributed by atoms with Gasteiger partial charge in [-0.05, 0) is 37.3 Å². The molecular formula is C16H15BrClNO3. The van der Waals surface area contributed by atoms with Gasteiger partial charge in [0.05, 0.1) is 17.3 Å². The zero-order valence-electron chi connectivity index (χ0n) is 11.9. The summed E-state index contributed by atoms with van der Waals surface area (Å²) in [7, 11) is 0. The average molecular weight is 385 g/mol. The summed E-state index contributed by atoms with van der Waals surface area (Å²) >= 11 is 9.34. The number of anilines is 1. The Morgan fingerprint density at radius 3 is 2.68 bits per heavy atom. The summed E-state index contributed by atoms with van der Waals surface area (Å²) in [6.07, 6.45) is 0. The lowest BCUT2D eigenvalue weighted by Gasteiger charge is -2.12. The van der Waals surface area contributed by atoms with Crippen molar-refractivity contribution in [1.82, 2.24) is 0 Å². The maximum atomic E-state index is 12.0. The number of benzene rings is 2. The molecule has 0 aliphatic heterocycles. The molecule has 22 heavy (non-hydrogen) atoms. The third-order valence-corrected chi connectivity index (χ3v) is 3.50. The fourth-order valence-corrected chi connectivity index (χ4v) is 2.50. The number of carbonyl (C=O) groups excluding carboxylic acids is 1. The lowest BCUT2D eigenvalue weighted by Crippen LogP contribution is -2.20. The Balaban J connectivity index is 1.96. The van der Waals surface area contributed by atoms with Gasteiger partial charge in [-0.15, -0.1) is 0 Å². The van der Waals surface area contributed by atoms with Gasteiger partial charge in [0.25, 0.3) is 5.91 Å². The smallest absolute Gasteiger partial charge is 0.262 e. The second kappa shape index (κ2) is 8.06. The molecule has 4 nitrogen and oxygen atoms in total. The molecule has 0 saturated heterocycles. The van der Waals surface area contributed by atoms with Crippen LogP contribution in [0.3, 0.4) is 0 Å². The van der Waals surface area contributed by atoms with Gasteiger partial charge in [0, 0.05) is 4.47 Å². The van der Waals surface area contributed by atoms with Crippen molar-refractivity contribution in [1.29, 1.82) is 0 Å². The molecule has 0 aromatic heterocycles. The molecule has 1 amide bonds. The largest absolute Gasteiger partial charge is 0.492 e. The Kier molecular flexibility index (Phi) is 6.10. The highest BCUT2D eigenvalue weighted by Gasteiger charge is 2.09. The van der Waals surface area contributed by atoms with Gasteiger partial charge in [-0.25, -0.2) is 0 Å². The lowest BCUT2D eigenvalue weighted by atomic mass is 10.3. The van der Waals surface area contributed by atoms with Crippen LogP contribution in [0.5, 0.6) is 11.5 Å². The van der Waals surface area contributed by atoms with Crippen LogP contribution in [0.1, 0.15) is 6.92 Å². The highest BCUT2D eigenvalue weighted by Crippen LogP contribution is 2.28. The molecule has 0 unspecified atom stereocenters. The molecule has 116 valence electrons. The van der Waals surface area contributed by atoms with E-state index in [1.54, 1.807) is 30.3 Å². The first-order chi connectivity index (χ1) is 10.6. The number of hydrogen-bond donors (Lipinski definition) is 1. The second-order valence-corrected chi connectivity index (χ2v) is 5.66. The zero-order valence-corrected chi connectivity index (χ0v) is 14.3. The third kappa shape index (κ3) is 4.64. The molecule has 0 fully saturated rings. The van der Waals surface area contributed by atoms with Crippen LogP contribution in [0.4, 0.5) is 5.69 Å². The first-order valence-electron chi connectivity index (χ1n) is 6.69. The summed E-state index contributed by atoms with van der Waals surface area (Å²) in [6, 6.07) is 12.4. The minimum atomic E-state index is -0.286. The first-order valence-corrected chi connectivity index (χ1v) is 7.86. The van der Waals surface area contributed by atoms with E-state index in [9.17, 15) is 4.79 Å². The number of hydrogen-bond acceptors (Lipinski definition) is 3. The van der Waals surface area contributed by atoms with E-state index in [0.29, 0.717) is 28.8 Å². The zero-order chi connectivity index (χ0) is 15.9. The van der Waals surface area contributed by atoms with Crippen LogP contribution in [0, 0.1) is 0 Å². The minimum Gasteiger partial charge on any atom is -0.492 e. The van der Waals surface area contributed by atoms with Crippen LogP contribution in [-0.4, -0.2) is 19.1 Å². The number of carbonyl (C=O) groups is 1. The van der Waals surface area contributed by atoms with Gasteiger partial charge in [0.2, 0.25) is 0 Å². The van der Waals surface area contributed by atoms with Gasteiger partial charge < -0.3 is 14.8 Å². The number of rotatable bonds is 6. The van der Waals surface area contributed by atoms with E-state index in [-0.39, 0.29) is 12.5 Å². The maximum absolute atomic E-state index is 12.0. The molecule has 0 bridgehead atoms. The molecule has 6 heteroatoms. The second-order valence-electron chi connectivity index (χ2n) is 4.34. The van der Waals surface area contributed by atoms with Crippen LogP contribution in [0.15, 0.2) is 46.9 Å². The van der Waals surface area contributed by atoms with E-state index in [2.05, 4.69) is 21.2 Å². The lowest BCUT2D eigenvalue weighted by molar-refractivity contribution is -0.118. The quantitative estimate of drug-likeness (QED) is 0.796. The molecule has 0 saturated carbocycles. The topological polar surface area (TPSA) is 47.6 Å². The number of nitrogens with one attached hydrogen (secondary N) is 1. The fourth-order valence-electron chi connectivity index (χ4n) is 1.77. The van der Waals surface area contributed by atoms with Crippen LogP contribution >= 0.6 is 27.5 Å². The van der Waals surface area contributed by atoms with Crippen molar-refractivity contribution in [3.05, 3.63) is 52.0 Å². The summed E-state index contributed by atoms with van der Waals surface area (Å²) in [5.41, 5.74) is 0.611. The Labute approximate surface area is 142 Å². The van der Waals surface area contributed by atoms with Gasteiger partial charge in [0.1, 0.15) is 11.5 Å². The Morgan fingerprint density at radius 1 is 1.18 bits per heavy atom. The highest BCUT2D eigenvalue weighted by molar-refractivity contribution is 9.10. The van der Waals surface area contributed by atoms with Crippen molar-refractivity contribution in [2.24, 2.45) is 0 Å². The summed E-state index contributed by atoms with van der Waals surface area (Å²) in [4.78, 5) is 12.0. The molecule has 0 aliphatic rings. The van der Waals surface area contributed by atoms with Gasteiger partial charge in [-0.3, -0.25) is 4.79 Å². The fraction of sp³-hybridized carbons (Fsp3) is 0.188. The van der Waals surface area contributed by atoms with E-state index in [1.165, 1.54) is 0 Å². The predicted molar refractivity (Wildman–Crippen MR) is 90.9 cm³/mol. The average Bonchev–Trinajstić information content (AvgIpc) is 2.48. The van der Waals surface area contributed by atoms with Crippen LogP contribution in [0.25, 0.3) is 0 Å². The molecule has 2 aromatic rings. The van der Waals surface area contributed by atoms with Crippen LogP contribution in [-0.2, 0) is 4.79 Å². The predicted octanol–water partition coefficient (Wildman–Crippen LogP) is 4.52. The van der Waals surface area contributed by atoms with E-state index >= 15 is 0 Å². The molecule has 1 N–H and O–H groups in total. The van der Waals surface area contributed by atoms with Crippen molar-refractivity contribution in [3.8, 4) is 11.5 Å². The Morgan fingerprint density at radius 2 is 1.95 bits per heavy atom. The summed E-state index contributed by atoms with van der Waals surface area (Å²) in [6.45, 7) is 2.27. The molecule has 2 aromatic carbocycles. The van der Waals surface area contributed by atoms with Crippen molar-refractivity contribution >= 4 is 39.1 Å². The van der Waals surface area contributed by atoms with E-state index in [0.717, 1.165) is 4.47 Å². The molecule has 0 spiro atoms. The number of ether oxygens (including phenoxy) is 2. The minimum absolute atomic E-state index is 0.137. The molecule has 0 aliphatic carbocycles. The van der Waals surface area contributed by atoms with E-state index in [1.807, 2.05) is 19.1 Å². The summed E-state index contributed by atoms with van der Waals surface area (Å²) < 4.78 is 11.7. The summed E-state index contributed by atoms with van der Waals surface area (Å²) in [5, 5.41) is 3.20. The number of para-hydroxylation sites is 2. The van der Waals surface area contributed by atoms with Crippen molar-refractivity contribution < 1.29 is 14.3 Å². The van der Waals surface area contributed by atoms with Crippen molar-refractivity contribution in [2.45, 2.75) is 6.92 Å². The van der Waals surface area contributed by atoms with Gasteiger partial charge >= 0.3 is 0 Å². The van der Waals surface area contributed by atoms with Crippen molar-refractivity contribution in [3.63, 3.8) is 0 Å². The van der Waals surface area contributed by atoms with E-state index in [4.69, 9.17) is 21.1 Å². The molecule has 0 heterocycles. The maximum Gasteiger partial charge on any atom is 0.262 e. The third-order valence-electron chi connectivity index (χ3n) is 2.71. The Hall–Kier alpha value is -1.72. The van der Waals surface area contributed by atoms with Gasteiger partial charge in [-0.1, -0.05) is 39.7 Å². The van der Waals surface area contributed by atoms with Gasteiger partial charge in [0.15, 0.2) is 6.61 Å². The number of halogens is 2. The molecule has 0 atom stereocenters. The van der Waals surface area contributed by atoms with Crippen LogP contribution < -0.4 is 14.8 Å².